The summed E-state index contributed by atoms with van der Waals surface area (Å²) in [6.45, 7) is 3.66. The molecule has 4 rings (SSSR count). The molecular weight excluding hydrogens is 476 g/mol. The van der Waals surface area contributed by atoms with E-state index in [1.54, 1.807) is 19.1 Å². The SMILES string of the molecule is Cc1nc(-c2ccc(C(F)(F)F)c(F)c2)sc1COc1ccc(C)c2oc(CCC(=O)O)nc12. The van der Waals surface area contributed by atoms with Crippen molar-refractivity contribution >= 4 is 28.4 Å². The van der Waals surface area contributed by atoms with Crippen molar-refractivity contribution in [3.8, 4) is 16.3 Å². The molecule has 0 radical (unpaired) electrons. The first-order valence-electron chi connectivity index (χ1n) is 10.1. The van der Waals surface area contributed by atoms with Gasteiger partial charge in [-0.25, -0.2) is 14.4 Å². The van der Waals surface area contributed by atoms with Crippen molar-refractivity contribution in [1.82, 2.24) is 9.97 Å². The number of aryl methyl sites for hydroxylation is 3. The van der Waals surface area contributed by atoms with E-state index in [4.69, 9.17) is 14.3 Å². The smallest absolute Gasteiger partial charge is 0.419 e. The molecule has 0 unspecified atom stereocenters. The Bertz CT molecular complexity index is 1380. The average molecular weight is 494 g/mol. The standard InChI is InChI=1S/C23H18F4N2O4S/c1-11-3-6-16(20-21(11)33-18(29-20)7-8-19(30)31)32-10-17-12(2)28-22(34-17)13-4-5-14(15(24)9-13)23(25,26)27/h3-6,9H,7-8,10H2,1-2H3,(H,30,31). The van der Waals surface area contributed by atoms with Gasteiger partial charge in [-0.05, 0) is 37.6 Å². The summed E-state index contributed by atoms with van der Waals surface area (Å²) in [5, 5.41) is 9.24. The number of thiazole rings is 1. The maximum atomic E-state index is 14.0. The van der Waals surface area contributed by atoms with E-state index in [1.165, 1.54) is 17.4 Å². The Hall–Kier alpha value is -3.47. The van der Waals surface area contributed by atoms with Gasteiger partial charge in [0, 0.05) is 12.0 Å². The second kappa shape index (κ2) is 9.05. The average Bonchev–Trinajstić information content (AvgIpc) is 3.35. The van der Waals surface area contributed by atoms with Crippen LogP contribution in [0.1, 0.15) is 34.0 Å². The van der Waals surface area contributed by atoms with Gasteiger partial charge in [0.25, 0.3) is 0 Å². The third kappa shape index (κ3) is 4.89. The maximum Gasteiger partial charge on any atom is 0.419 e. The molecule has 0 fully saturated rings. The molecule has 178 valence electrons. The number of ether oxygens (including phenoxy) is 1. The number of hydrogen-bond donors (Lipinski definition) is 1. The van der Waals surface area contributed by atoms with Gasteiger partial charge in [-0.1, -0.05) is 12.1 Å². The molecule has 0 spiro atoms. The molecular formula is C23H18F4N2O4S. The number of aliphatic carboxylic acids is 1. The Kier molecular flexibility index (Phi) is 6.30. The lowest BCUT2D eigenvalue weighted by Gasteiger charge is -2.08. The first-order valence-corrected chi connectivity index (χ1v) is 10.9. The van der Waals surface area contributed by atoms with Gasteiger partial charge in [0.15, 0.2) is 17.0 Å². The van der Waals surface area contributed by atoms with Gasteiger partial charge in [-0.2, -0.15) is 13.2 Å². The molecule has 0 aliphatic carbocycles. The number of fused-ring (bicyclic) bond motifs is 1. The Morgan fingerprint density at radius 1 is 1.18 bits per heavy atom. The molecule has 0 amide bonds. The van der Waals surface area contributed by atoms with Gasteiger partial charge in [0.2, 0.25) is 0 Å². The lowest BCUT2D eigenvalue weighted by molar-refractivity contribution is -0.140. The molecule has 2 heterocycles. The van der Waals surface area contributed by atoms with Crippen LogP contribution in [0.3, 0.4) is 0 Å². The second-order valence-corrected chi connectivity index (χ2v) is 8.65. The number of alkyl halides is 3. The number of rotatable bonds is 7. The van der Waals surface area contributed by atoms with Crippen LogP contribution in [0, 0.1) is 19.7 Å². The second-order valence-electron chi connectivity index (χ2n) is 7.57. The predicted molar refractivity (Wildman–Crippen MR) is 116 cm³/mol. The molecule has 1 N–H and O–H groups in total. The summed E-state index contributed by atoms with van der Waals surface area (Å²) in [6, 6.07) is 6.23. The summed E-state index contributed by atoms with van der Waals surface area (Å²) in [4.78, 5) is 20.3. The Balaban J connectivity index is 1.55. The van der Waals surface area contributed by atoms with Crippen LogP contribution in [-0.2, 0) is 24.0 Å². The van der Waals surface area contributed by atoms with E-state index in [0.29, 0.717) is 38.5 Å². The lowest BCUT2D eigenvalue weighted by Crippen LogP contribution is -2.07. The number of carbonyl (C=O) groups is 1. The molecule has 4 aromatic rings. The van der Waals surface area contributed by atoms with Crippen LogP contribution < -0.4 is 4.74 Å². The zero-order chi connectivity index (χ0) is 24.6. The number of oxazole rings is 1. The largest absolute Gasteiger partial charge is 0.486 e. The summed E-state index contributed by atoms with van der Waals surface area (Å²) in [5.41, 5.74) is 1.30. The molecule has 2 aromatic heterocycles. The third-order valence-corrected chi connectivity index (χ3v) is 6.25. The van der Waals surface area contributed by atoms with Crippen molar-refractivity contribution in [2.75, 3.05) is 0 Å². The van der Waals surface area contributed by atoms with Crippen molar-refractivity contribution in [1.29, 1.82) is 0 Å². The fraction of sp³-hybridized carbons (Fsp3) is 0.261. The highest BCUT2D eigenvalue weighted by Gasteiger charge is 2.34. The molecule has 11 heteroatoms. The van der Waals surface area contributed by atoms with E-state index < -0.39 is 23.5 Å². The van der Waals surface area contributed by atoms with Crippen LogP contribution in [0.25, 0.3) is 21.7 Å². The van der Waals surface area contributed by atoms with Crippen LogP contribution >= 0.6 is 11.3 Å². The highest BCUT2D eigenvalue weighted by atomic mass is 32.1. The van der Waals surface area contributed by atoms with Crippen LogP contribution in [0.15, 0.2) is 34.7 Å². The van der Waals surface area contributed by atoms with Crippen molar-refractivity contribution in [3.05, 3.63) is 63.7 Å². The van der Waals surface area contributed by atoms with E-state index in [1.807, 2.05) is 6.92 Å². The van der Waals surface area contributed by atoms with Gasteiger partial charge in [0.05, 0.1) is 22.6 Å². The van der Waals surface area contributed by atoms with Crippen LogP contribution in [0.4, 0.5) is 17.6 Å². The number of carboxylic acid groups (broad SMARTS) is 1. The number of aromatic nitrogens is 2. The minimum atomic E-state index is -4.77. The molecule has 0 atom stereocenters. The Morgan fingerprint density at radius 2 is 1.94 bits per heavy atom. The predicted octanol–water partition coefficient (Wildman–Crippen LogP) is 6.32. The number of halogens is 4. The number of hydrogen-bond acceptors (Lipinski definition) is 6. The van der Waals surface area contributed by atoms with Crippen molar-refractivity contribution in [3.63, 3.8) is 0 Å². The van der Waals surface area contributed by atoms with Crippen LogP contribution in [0.5, 0.6) is 5.75 Å². The molecule has 0 aliphatic heterocycles. The summed E-state index contributed by atoms with van der Waals surface area (Å²) in [5.74, 6) is -1.60. The number of nitrogens with zero attached hydrogens (tertiary/aromatic N) is 2. The Labute approximate surface area is 194 Å². The minimum Gasteiger partial charge on any atom is -0.486 e. The Morgan fingerprint density at radius 3 is 2.62 bits per heavy atom. The fourth-order valence-electron chi connectivity index (χ4n) is 3.30. The zero-order valence-corrected chi connectivity index (χ0v) is 18.8. The van der Waals surface area contributed by atoms with Crippen molar-refractivity contribution in [2.45, 2.75) is 39.5 Å². The van der Waals surface area contributed by atoms with Gasteiger partial charge in [0.1, 0.15) is 23.2 Å². The van der Waals surface area contributed by atoms with Gasteiger partial charge >= 0.3 is 12.1 Å². The fourth-order valence-corrected chi connectivity index (χ4v) is 4.27. The first-order chi connectivity index (χ1) is 16.0. The van der Waals surface area contributed by atoms with Gasteiger partial charge in [-0.3, -0.25) is 4.79 Å². The monoisotopic (exact) mass is 494 g/mol. The van der Waals surface area contributed by atoms with E-state index in [0.717, 1.165) is 11.6 Å². The van der Waals surface area contributed by atoms with E-state index in [9.17, 15) is 22.4 Å². The topological polar surface area (TPSA) is 85.5 Å². The van der Waals surface area contributed by atoms with E-state index in [-0.39, 0.29) is 30.9 Å². The van der Waals surface area contributed by atoms with Gasteiger partial charge in [-0.15, -0.1) is 11.3 Å². The summed E-state index contributed by atoms with van der Waals surface area (Å²) < 4.78 is 64.1. The lowest BCUT2D eigenvalue weighted by atomic mass is 10.1. The number of benzene rings is 2. The molecule has 34 heavy (non-hydrogen) atoms. The number of carboxylic acids is 1. The molecule has 0 saturated heterocycles. The van der Waals surface area contributed by atoms with Crippen LogP contribution in [0.2, 0.25) is 0 Å². The van der Waals surface area contributed by atoms with Gasteiger partial charge < -0.3 is 14.3 Å². The summed E-state index contributed by atoms with van der Waals surface area (Å²) in [7, 11) is 0. The highest BCUT2D eigenvalue weighted by molar-refractivity contribution is 7.15. The quantitative estimate of drug-likeness (QED) is 0.303. The third-order valence-electron chi connectivity index (χ3n) is 5.07. The van der Waals surface area contributed by atoms with E-state index in [2.05, 4.69) is 9.97 Å². The zero-order valence-electron chi connectivity index (χ0n) is 18.0. The summed E-state index contributed by atoms with van der Waals surface area (Å²) >= 11 is 1.19. The normalized spacial score (nSPS) is 11.8. The minimum absolute atomic E-state index is 0.0993. The maximum absolute atomic E-state index is 14.0. The molecule has 0 saturated carbocycles. The van der Waals surface area contributed by atoms with Crippen LogP contribution in [-0.4, -0.2) is 21.0 Å². The van der Waals surface area contributed by atoms with Crippen molar-refractivity contribution < 1.29 is 36.6 Å². The molecule has 0 bridgehead atoms. The van der Waals surface area contributed by atoms with Crippen molar-refractivity contribution in [2.24, 2.45) is 0 Å². The molecule has 0 aliphatic rings. The van der Waals surface area contributed by atoms with E-state index >= 15 is 0 Å². The summed E-state index contributed by atoms with van der Waals surface area (Å²) in [6.07, 6.45) is -4.74. The molecule has 6 nitrogen and oxygen atoms in total. The highest BCUT2D eigenvalue weighted by Crippen LogP contribution is 2.36. The molecule has 2 aromatic carbocycles. The first kappa shape index (κ1) is 23.7.